The third-order valence-electron chi connectivity index (χ3n) is 6.97. The number of nitrogens with zero attached hydrogens (tertiary/aromatic N) is 4. The van der Waals surface area contributed by atoms with Crippen LogP contribution in [-0.2, 0) is 18.1 Å². The predicted molar refractivity (Wildman–Crippen MR) is 126 cm³/mol. The summed E-state index contributed by atoms with van der Waals surface area (Å²) >= 11 is 0. The molecule has 0 fully saturated rings. The third-order valence-corrected chi connectivity index (χ3v) is 6.97. The van der Waals surface area contributed by atoms with E-state index >= 15 is 0 Å². The zero-order valence-corrected chi connectivity index (χ0v) is 20.1. The Labute approximate surface area is 205 Å². The lowest BCUT2D eigenvalue weighted by atomic mass is 9.71. The number of hydrogen-bond donors (Lipinski definition) is 1. The van der Waals surface area contributed by atoms with E-state index in [0.717, 1.165) is 29.7 Å². The number of aromatic hydroxyl groups is 1. The zero-order valence-electron chi connectivity index (χ0n) is 20.1. The first-order valence-electron chi connectivity index (χ1n) is 11.6. The number of oxazole rings is 1. The summed E-state index contributed by atoms with van der Waals surface area (Å²) in [5, 5.41) is 18.8. The van der Waals surface area contributed by atoms with Crippen LogP contribution in [0.3, 0.4) is 0 Å². The highest BCUT2D eigenvalue weighted by Crippen LogP contribution is 2.46. The first-order chi connectivity index (χ1) is 17.2. The minimum atomic E-state index is -4.66. The quantitative estimate of drug-likeness (QED) is 0.356. The van der Waals surface area contributed by atoms with Gasteiger partial charge in [-0.15, -0.1) is 10.2 Å². The fourth-order valence-electron chi connectivity index (χ4n) is 5.13. The standard InChI is InChI=1S/C26H25F3N4O3/c1-4-25(17-7-9-20(34)19(13-17)26(27,28)29)10-5-11-33-23(31-32-24(25)33)16-6-8-18(21(12-16)35-3)22-14-30-15(2)36-22/h6-9,12-14,34H,4-5,10-11H2,1-3H3. The first kappa shape index (κ1) is 23.9. The van der Waals surface area contributed by atoms with Crippen molar-refractivity contribution in [2.45, 2.75) is 51.2 Å². The molecule has 7 nitrogen and oxygen atoms in total. The number of benzene rings is 2. The van der Waals surface area contributed by atoms with Crippen LogP contribution >= 0.6 is 0 Å². The highest BCUT2D eigenvalue weighted by Gasteiger charge is 2.43. The maximum absolute atomic E-state index is 13.6. The Balaban J connectivity index is 1.61. The second-order valence-corrected chi connectivity index (χ2v) is 8.93. The molecule has 0 radical (unpaired) electrons. The molecule has 2 aromatic heterocycles. The molecule has 2 aromatic carbocycles. The van der Waals surface area contributed by atoms with Crippen molar-refractivity contribution in [2.24, 2.45) is 0 Å². The van der Waals surface area contributed by atoms with Crippen molar-refractivity contribution in [3.63, 3.8) is 0 Å². The van der Waals surface area contributed by atoms with Gasteiger partial charge in [0.1, 0.15) is 17.3 Å². The fraction of sp³-hybridized carbons (Fsp3) is 0.346. The normalized spacial score (nSPS) is 17.7. The minimum absolute atomic E-state index is 0.462. The Morgan fingerprint density at radius 2 is 1.97 bits per heavy atom. The van der Waals surface area contributed by atoms with E-state index in [9.17, 15) is 18.3 Å². The van der Waals surface area contributed by atoms with E-state index in [1.807, 2.05) is 29.7 Å². The summed E-state index contributed by atoms with van der Waals surface area (Å²) in [6, 6.07) is 9.30. The Bertz CT molecular complexity index is 1430. The van der Waals surface area contributed by atoms with Crippen LogP contribution in [0.25, 0.3) is 22.7 Å². The molecule has 10 heteroatoms. The van der Waals surface area contributed by atoms with E-state index in [1.54, 1.807) is 26.3 Å². The molecule has 188 valence electrons. The number of aromatic nitrogens is 4. The van der Waals surface area contributed by atoms with Gasteiger partial charge < -0.3 is 18.8 Å². The van der Waals surface area contributed by atoms with E-state index in [-0.39, 0.29) is 0 Å². The van der Waals surface area contributed by atoms with Crippen molar-refractivity contribution < 1.29 is 27.4 Å². The number of methoxy groups -OCH3 is 1. The SMILES string of the molecule is CCC1(c2ccc(O)c(C(F)(F)F)c2)CCCn2c(-c3ccc(-c4cnc(C)o4)c(OC)c3)nnc21. The number of phenols is 1. The second kappa shape index (κ2) is 8.69. The van der Waals surface area contributed by atoms with Crippen molar-refractivity contribution >= 4 is 0 Å². The van der Waals surface area contributed by atoms with Crippen molar-refractivity contribution in [1.82, 2.24) is 19.7 Å². The average Bonchev–Trinajstić information content (AvgIpc) is 3.49. The number of halogens is 3. The number of rotatable bonds is 5. The molecule has 1 unspecified atom stereocenters. The third kappa shape index (κ3) is 3.81. The molecule has 0 bridgehead atoms. The second-order valence-electron chi connectivity index (χ2n) is 8.93. The average molecular weight is 499 g/mol. The van der Waals surface area contributed by atoms with Gasteiger partial charge in [-0.25, -0.2) is 4.98 Å². The van der Waals surface area contributed by atoms with Crippen LogP contribution in [0.5, 0.6) is 11.5 Å². The van der Waals surface area contributed by atoms with Crippen molar-refractivity contribution in [3.8, 4) is 34.2 Å². The van der Waals surface area contributed by atoms with E-state index in [4.69, 9.17) is 9.15 Å². The number of phenolic OH excluding ortho intramolecular Hbond substituents is 1. The van der Waals surface area contributed by atoms with Crippen molar-refractivity contribution in [1.29, 1.82) is 0 Å². The highest BCUT2D eigenvalue weighted by atomic mass is 19.4. The topological polar surface area (TPSA) is 86.2 Å². The summed E-state index contributed by atoms with van der Waals surface area (Å²) in [5.41, 5.74) is 0.154. The lowest BCUT2D eigenvalue weighted by Gasteiger charge is -2.37. The van der Waals surface area contributed by atoms with Crippen molar-refractivity contribution in [2.75, 3.05) is 7.11 Å². The van der Waals surface area contributed by atoms with Gasteiger partial charge in [0.25, 0.3) is 0 Å². The number of alkyl halides is 3. The molecule has 0 amide bonds. The molecular weight excluding hydrogens is 473 g/mol. The largest absolute Gasteiger partial charge is 0.507 e. The van der Waals surface area contributed by atoms with Gasteiger partial charge in [0.05, 0.1) is 29.8 Å². The van der Waals surface area contributed by atoms with Gasteiger partial charge >= 0.3 is 6.18 Å². The number of fused-ring (bicyclic) bond motifs is 1. The molecular formula is C26H25F3N4O3. The fourth-order valence-corrected chi connectivity index (χ4v) is 5.13. The lowest BCUT2D eigenvalue weighted by molar-refractivity contribution is -0.138. The zero-order chi connectivity index (χ0) is 25.7. The molecule has 0 spiro atoms. The molecule has 4 aromatic rings. The maximum Gasteiger partial charge on any atom is 0.419 e. The van der Waals surface area contributed by atoms with E-state index in [1.165, 1.54) is 0 Å². The van der Waals surface area contributed by atoms with Crippen LogP contribution in [0.4, 0.5) is 13.2 Å². The summed E-state index contributed by atoms with van der Waals surface area (Å²) in [5.74, 6) is 2.13. The van der Waals surface area contributed by atoms with Gasteiger partial charge in [0.15, 0.2) is 17.5 Å². The molecule has 3 heterocycles. The first-order valence-corrected chi connectivity index (χ1v) is 11.6. The lowest BCUT2D eigenvalue weighted by Crippen LogP contribution is -2.35. The van der Waals surface area contributed by atoms with Crippen LogP contribution in [0.15, 0.2) is 47.0 Å². The van der Waals surface area contributed by atoms with Crippen LogP contribution in [0, 0.1) is 6.92 Å². The number of hydrogen-bond acceptors (Lipinski definition) is 6. The number of ether oxygens (including phenoxy) is 1. The minimum Gasteiger partial charge on any atom is -0.507 e. The summed E-state index contributed by atoms with van der Waals surface area (Å²) < 4.78 is 53.9. The van der Waals surface area contributed by atoms with Crippen LogP contribution in [0.2, 0.25) is 0 Å². The summed E-state index contributed by atoms with van der Waals surface area (Å²) in [4.78, 5) is 4.14. The van der Waals surface area contributed by atoms with E-state index < -0.39 is 22.9 Å². The molecule has 0 aliphatic carbocycles. The van der Waals surface area contributed by atoms with Gasteiger partial charge in [-0.05, 0) is 49.1 Å². The van der Waals surface area contributed by atoms with Gasteiger partial charge in [0, 0.05) is 19.0 Å². The molecule has 5 rings (SSSR count). The summed E-state index contributed by atoms with van der Waals surface area (Å²) in [6.45, 7) is 4.33. The van der Waals surface area contributed by atoms with Gasteiger partial charge in [-0.2, -0.15) is 13.2 Å². The molecule has 1 N–H and O–H groups in total. The van der Waals surface area contributed by atoms with Gasteiger partial charge in [-0.3, -0.25) is 0 Å². The van der Waals surface area contributed by atoms with Crippen LogP contribution in [-0.4, -0.2) is 32.0 Å². The molecule has 0 saturated carbocycles. The van der Waals surface area contributed by atoms with Gasteiger partial charge in [0.2, 0.25) is 0 Å². The van der Waals surface area contributed by atoms with Crippen molar-refractivity contribution in [3.05, 3.63) is 65.4 Å². The Hall–Kier alpha value is -3.82. The van der Waals surface area contributed by atoms with E-state index in [2.05, 4.69) is 15.2 Å². The smallest absolute Gasteiger partial charge is 0.419 e. The Kier molecular flexibility index (Phi) is 5.77. The van der Waals surface area contributed by atoms with Crippen LogP contribution in [0.1, 0.15) is 49.0 Å². The van der Waals surface area contributed by atoms with Crippen LogP contribution < -0.4 is 4.74 Å². The monoisotopic (exact) mass is 498 g/mol. The molecule has 36 heavy (non-hydrogen) atoms. The highest BCUT2D eigenvalue weighted by molar-refractivity contribution is 5.71. The van der Waals surface area contributed by atoms with Gasteiger partial charge in [-0.1, -0.05) is 19.1 Å². The maximum atomic E-state index is 13.6. The molecule has 1 aliphatic heterocycles. The van der Waals surface area contributed by atoms with E-state index in [0.29, 0.717) is 54.0 Å². The Morgan fingerprint density at radius 1 is 1.17 bits per heavy atom. The summed E-state index contributed by atoms with van der Waals surface area (Å²) in [7, 11) is 1.57. The summed E-state index contributed by atoms with van der Waals surface area (Å²) in [6.07, 6.45) is -1.14. The predicted octanol–water partition coefficient (Wildman–Crippen LogP) is 6.13. The Morgan fingerprint density at radius 3 is 2.64 bits per heavy atom. The molecule has 0 saturated heterocycles. The molecule has 1 atom stereocenters. The number of aryl methyl sites for hydroxylation is 1. The molecule has 1 aliphatic rings.